The van der Waals surface area contributed by atoms with Gasteiger partial charge in [0.05, 0.1) is 18.3 Å². The van der Waals surface area contributed by atoms with Crippen LogP contribution in [0.1, 0.15) is 218 Å². The summed E-state index contributed by atoms with van der Waals surface area (Å²) in [7, 11) is -9.65. The van der Waals surface area contributed by atoms with Gasteiger partial charge in [-0.3, -0.25) is 9.11 Å². The molecule has 0 amide bonds. The Hall–Kier alpha value is -0.500. The second-order valence-electron chi connectivity index (χ2n) is 31.7. The van der Waals surface area contributed by atoms with Crippen LogP contribution in [-0.2, 0) is 29.2 Å². The number of aliphatic hydroxyl groups is 1. The van der Waals surface area contributed by atoms with E-state index in [0.717, 1.165) is 110 Å². The van der Waals surface area contributed by atoms with Gasteiger partial charge in [0.25, 0.3) is 0 Å². The van der Waals surface area contributed by atoms with Crippen molar-refractivity contribution in [2.75, 3.05) is 39.3 Å². The maximum atomic E-state index is 13.1. The molecule has 8 saturated carbocycles. The fraction of sp³-hybridized carbons (Fsp3) is 1.00. The third-order valence-electron chi connectivity index (χ3n) is 27.0. The zero-order valence-corrected chi connectivity index (χ0v) is 55.3. The Labute approximate surface area is 500 Å². The van der Waals surface area contributed by atoms with Gasteiger partial charge in [-0.05, 0) is 302 Å². The van der Waals surface area contributed by atoms with Crippen LogP contribution in [0.4, 0.5) is 0 Å². The molecule has 0 spiro atoms. The molecule has 0 radical (unpaired) electrons. The van der Waals surface area contributed by atoms with Crippen LogP contribution in [0.15, 0.2) is 0 Å². The van der Waals surface area contributed by atoms with E-state index in [2.05, 4.69) is 85.2 Å². The maximum Gasteiger partial charge on any atom is 0.397 e. The fourth-order valence-corrected chi connectivity index (χ4v) is 24.0. The number of hydrogen-bond acceptors (Lipinski definition) is 12. The molecule has 0 aromatic carbocycles. The van der Waals surface area contributed by atoms with Gasteiger partial charge in [-0.2, -0.15) is 16.8 Å². The highest BCUT2D eigenvalue weighted by molar-refractivity contribution is 7.81. The van der Waals surface area contributed by atoms with Crippen molar-refractivity contribution < 1.29 is 39.4 Å². The molecule has 14 nitrogen and oxygen atoms in total. The zero-order chi connectivity index (χ0) is 59.9. The molecule has 8 fully saturated rings. The van der Waals surface area contributed by atoms with Crippen LogP contribution < -0.4 is 27.4 Å². The van der Waals surface area contributed by atoms with Crippen molar-refractivity contribution in [2.24, 2.45) is 140 Å². The average molecular weight is 1190 g/mol. The monoisotopic (exact) mass is 1190 g/mol. The van der Waals surface area contributed by atoms with Gasteiger partial charge in [-0.25, -0.2) is 8.37 Å². The summed E-state index contributed by atoms with van der Waals surface area (Å²) in [5, 5.41) is 23.8. The molecule has 10 N–H and O–H groups in total. The molecule has 0 saturated heterocycles. The number of nitrogens with one attached hydrogen (secondary N) is 3. The number of nitrogens with two attached hydrogens (primary N) is 2. The number of rotatable bonds is 28. The van der Waals surface area contributed by atoms with Crippen LogP contribution >= 0.6 is 0 Å². The van der Waals surface area contributed by atoms with Crippen molar-refractivity contribution in [3.63, 3.8) is 0 Å². The van der Waals surface area contributed by atoms with Gasteiger partial charge >= 0.3 is 20.8 Å². The standard InChI is InChI=1S/C66H123N5O9S2/c1-40(2)58(80-82(76,77)78)35-53(45(7)50-19-21-51-60(50)43(5)33-54-61(51)44(6)36-63(9)37-47(70-31-15-28-68)23-25-65(54,63)11)46(8)57(79-81(73,74)75)22-17-41(3)49-18-20-52-59(49)42(4)34-55-62(52)56(72)39-64(10)38-48(24-26-66(55,64)12)71-32-16-30-69-29-14-13-27-67/h40-62,69-72H,13-39,67-68H2,1-12H3,(H,73,74,75)(H,76,77,78)/t41-,42?,43?,44?,45+,46?,47-,48-,49?,50?,51?,52?,53?,54?,55?,56?,57?,58?,59?,60?,61?,62?,63-,64+,65+,66+/m0/s1. The van der Waals surface area contributed by atoms with Crippen molar-refractivity contribution in [3.05, 3.63) is 0 Å². The third kappa shape index (κ3) is 14.2. The summed E-state index contributed by atoms with van der Waals surface area (Å²) in [6.45, 7) is 33.9. The molecule has 16 heteroatoms. The Balaban J connectivity index is 0.965. The summed E-state index contributed by atoms with van der Waals surface area (Å²) < 4.78 is 83.4. The van der Waals surface area contributed by atoms with Crippen LogP contribution in [0.3, 0.4) is 0 Å². The van der Waals surface area contributed by atoms with E-state index in [4.69, 9.17) is 19.8 Å². The molecule has 0 aromatic heterocycles. The lowest BCUT2D eigenvalue weighted by atomic mass is 9.38. The van der Waals surface area contributed by atoms with E-state index in [0.29, 0.717) is 102 Å². The SMILES string of the molecule is CC(C)C(CC(C(C)C(CC[C@H](C)C1CCC2C1C(C)CC1C2C(O)C[C@@]2(C)C[C@@H](NCCCNCCCCN)CC[C@]12C)OS(=O)(=O)O)[C@H](C)C1CCC2C1C(C)CC1C2C(C)C[C@@]2(C)C[C@@H](NCCCN)CC[C@]12C)OS(=O)(=O)O. The Kier molecular flexibility index (Phi) is 22.5. The van der Waals surface area contributed by atoms with Gasteiger partial charge in [0.2, 0.25) is 0 Å². The smallest absolute Gasteiger partial charge is 0.393 e. The quantitative estimate of drug-likeness (QED) is 0.0269. The van der Waals surface area contributed by atoms with Gasteiger partial charge in [0.15, 0.2) is 0 Å². The van der Waals surface area contributed by atoms with Crippen LogP contribution in [0.5, 0.6) is 0 Å². The van der Waals surface area contributed by atoms with Gasteiger partial charge in [-0.1, -0.05) is 83.1 Å². The van der Waals surface area contributed by atoms with Crippen LogP contribution in [0, 0.1) is 128 Å². The lowest BCUT2D eigenvalue weighted by Gasteiger charge is -2.67. The van der Waals surface area contributed by atoms with Crippen molar-refractivity contribution in [1.29, 1.82) is 0 Å². The van der Waals surface area contributed by atoms with Crippen LogP contribution in [0.25, 0.3) is 0 Å². The number of aliphatic hydroxyl groups excluding tert-OH is 1. The van der Waals surface area contributed by atoms with E-state index in [9.17, 15) is 31.0 Å². The second kappa shape index (κ2) is 27.3. The van der Waals surface area contributed by atoms with Gasteiger partial charge in [0, 0.05) is 12.1 Å². The van der Waals surface area contributed by atoms with Crippen molar-refractivity contribution in [1.82, 2.24) is 16.0 Å². The first kappa shape index (κ1) is 67.4. The molecule has 478 valence electrons. The first-order valence-electron chi connectivity index (χ1n) is 34.1. The Morgan fingerprint density at radius 1 is 0.573 bits per heavy atom. The number of unbranched alkanes of at least 4 members (excludes halogenated alkanes) is 1. The van der Waals surface area contributed by atoms with Crippen LogP contribution in [0.2, 0.25) is 0 Å². The first-order valence-corrected chi connectivity index (χ1v) is 36.8. The van der Waals surface area contributed by atoms with Gasteiger partial charge in [-0.15, -0.1) is 0 Å². The summed E-state index contributed by atoms with van der Waals surface area (Å²) in [5.74, 6) is 5.87. The van der Waals surface area contributed by atoms with E-state index in [-0.39, 0.29) is 63.3 Å². The maximum absolute atomic E-state index is 13.1. The normalized spacial score (nSPS) is 43.3. The molecule has 26 atom stereocenters. The molecule has 8 aliphatic rings. The molecule has 8 rings (SSSR count). The highest BCUT2D eigenvalue weighted by Crippen LogP contribution is 2.72. The molecule has 0 aromatic rings. The lowest BCUT2D eigenvalue weighted by Crippen LogP contribution is -2.63. The minimum Gasteiger partial charge on any atom is -0.393 e. The molecule has 8 aliphatic carbocycles. The van der Waals surface area contributed by atoms with Gasteiger partial charge < -0.3 is 32.5 Å². The van der Waals surface area contributed by atoms with Crippen molar-refractivity contribution >= 4 is 20.8 Å². The van der Waals surface area contributed by atoms with E-state index in [1.807, 2.05) is 13.8 Å². The summed E-state index contributed by atoms with van der Waals surface area (Å²) in [5.41, 5.74) is 12.3. The molecule has 0 aliphatic heterocycles. The van der Waals surface area contributed by atoms with E-state index in [1.165, 1.54) is 44.9 Å². The summed E-state index contributed by atoms with van der Waals surface area (Å²) >= 11 is 0. The predicted octanol–water partition coefficient (Wildman–Crippen LogP) is 11.7. The van der Waals surface area contributed by atoms with Crippen molar-refractivity contribution in [3.8, 4) is 0 Å². The number of hydrogen-bond donors (Lipinski definition) is 8. The van der Waals surface area contributed by atoms with E-state index < -0.39 is 33.0 Å². The fourth-order valence-electron chi connectivity index (χ4n) is 22.8. The minimum absolute atomic E-state index is 0.0581. The van der Waals surface area contributed by atoms with Crippen LogP contribution in [-0.4, -0.2) is 101 Å². The summed E-state index contributed by atoms with van der Waals surface area (Å²) in [4.78, 5) is 0. The molecule has 18 unspecified atom stereocenters. The summed E-state index contributed by atoms with van der Waals surface area (Å²) in [6.07, 6.45) is 19.8. The van der Waals surface area contributed by atoms with Crippen molar-refractivity contribution in [2.45, 2.75) is 248 Å². The van der Waals surface area contributed by atoms with E-state index in [1.54, 1.807) is 0 Å². The third-order valence-corrected chi connectivity index (χ3v) is 28.0. The number of fused-ring (bicyclic) bond motifs is 10. The molecule has 82 heavy (non-hydrogen) atoms. The highest BCUT2D eigenvalue weighted by Gasteiger charge is 2.66. The molecule has 0 heterocycles. The lowest BCUT2D eigenvalue weighted by molar-refractivity contribution is -0.198. The molecule has 0 bridgehead atoms. The topological polar surface area (TPSA) is 236 Å². The predicted molar refractivity (Wildman–Crippen MR) is 331 cm³/mol. The Morgan fingerprint density at radius 2 is 1.09 bits per heavy atom. The molecular formula is C66H123N5O9S2. The van der Waals surface area contributed by atoms with Gasteiger partial charge in [0.1, 0.15) is 0 Å². The molecular weight excluding hydrogens is 1070 g/mol. The van der Waals surface area contributed by atoms with E-state index >= 15 is 0 Å². The minimum atomic E-state index is -4.86. The Bertz CT molecular complexity index is 2280. The first-order chi connectivity index (χ1) is 38.5. The Morgan fingerprint density at radius 3 is 1.66 bits per heavy atom. The zero-order valence-electron chi connectivity index (χ0n) is 53.6. The largest absolute Gasteiger partial charge is 0.397 e. The summed E-state index contributed by atoms with van der Waals surface area (Å²) in [6, 6.07) is 1.02. The average Bonchev–Trinajstić information content (AvgIpc) is 2.17. The second-order valence-corrected chi connectivity index (χ2v) is 33.8. The highest BCUT2D eigenvalue weighted by atomic mass is 32.3.